The van der Waals surface area contributed by atoms with Crippen LogP contribution in [0.5, 0.6) is 11.5 Å². The van der Waals surface area contributed by atoms with Crippen molar-refractivity contribution in [2.45, 2.75) is 19.3 Å². The highest BCUT2D eigenvalue weighted by atomic mass is 16.6. The molecule has 1 amide bonds. The van der Waals surface area contributed by atoms with E-state index in [0.29, 0.717) is 37.0 Å². The Bertz CT molecular complexity index is 952. The van der Waals surface area contributed by atoms with Gasteiger partial charge in [0.15, 0.2) is 23.0 Å². The molecule has 28 heavy (non-hydrogen) atoms. The van der Waals surface area contributed by atoms with Crippen molar-refractivity contribution in [2.24, 2.45) is 0 Å². The molecule has 0 aliphatic carbocycles. The molecule has 0 spiro atoms. The van der Waals surface area contributed by atoms with Crippen LogP contribution < -0.4 is 14.8 Å². The predicted molar refractivity (Wildman–Crippen MR) is 105 cm³/mol. The molecule has 0 fully saturated rings. The van der Waals surface area contributed by atoms with Gasteiger partial charge in [0.2, 0.25) is 0 Å². The number of nitrogens with one attached hydrogen (secondary N) is 1. The number of hydrogen-bond donors (Lipinski definition) is 1. The van der Waals surface area contributed by atoms with Crippen LogP contribution in [0.4, 0.5) is 0 Å². The van der Waals surface area contributed by atoms with Gasteiger partial charge >= 0.3 is 0 Å². The Hall–Kier alpha value is -3.28. The van der Waals surface area contributed by atoms with E-state index in [1.165, 1.54) is 5.56 Å². The summed E-state index contributed by atoms with van der Waals surface area (Å²) in [6.45, 7) is 3.71. The Balaban J connectivity index is 1.43. The van der Waals surface area contributed by atoms with Gasteiger partial charge in [0, 0.05) is 24.1 Å². The largest absolute Gasteiger partial charge is 0.486 e. The van der Waals surface area contributed by atoms with Crippen LogP contribution >= 0.6 is 0 Å². The highest BCUT2D eigenvalue weighted by molar-refractivity contribution is 5.93. The van der Waals surface area contributed by atoms with Crippen molar-refractivity contribution in [3.63, 3.8) is 0 Å². The van der Waals surface area contributed by atoms with Gasteiger partial charge in [0.25, 0.3) is 5.91 Å². The first-order valence-corrected chi connectivity index (χ1v) is 9.44. The lowest BCUT2D eigenvalue weighted by atomic mass is 9.96. The van der Waals surface area contributed by atoms with E-state index in [1.807, 2.05) is 36.4 Å². The summed E-state index contributed by atoms with van der Waals surface area (Å²) in [5.74, 6) is 1.90. The Labute approximate surface area is 163 Å². The van der Waals surface area contributed by atoms with Crippen molar-refractivity contribution in [1.29, 1.82) is 0 Å². The molecule has 4 rings (SSSR count). The van der Waals surface area contributed by atoms with Crippen molar-refractivity contribution in [3.8, 4) is 22.8 Å². The Morgan fingerprint density at radius 1 is 1.07 bits per heavy atom. The highest BCUT2D eigenvalue weighted by Gasteiger charge is 2.18. The van der Waals surface area contributed by atoms with E-state index >= 15 is 0 Å². The third kappa shape index (κ3) is 3.86. The molecule has 3 aromatic rings. The summed E-state index contributed by atoms with van der Waals surface area (Å²) in [6, 6.07) is 17.3. The van der Waals surface area contributed by atoms with E-state index in [-0.39, 0.29) is 17.5 Å². The van der Waals surface area contributed by atoms with E-state index in [0.717, 1.165) is 12.0 Å². The fourth-order valence-corrected chi connectivity index (χ4v) is 3.24. The minimum atomic E-state index is -0.248. The highest BCUT2D eigenvalue weighted by Crippen LogP contribution is 2.34. The summed E-state index contributed by atoms with van der Waals surface area (Å²) in [6.07, 6.45) is 0.936. The fourth-order valence-electron chi connectivity index (χ4n) is 3.24. The molecule has 0 saturated carbocycles. The van der Waals surface area contributed by atoms with Crippen LogP contribution in [0.15, 0.2) is 59.1 Å². The number of carbonyl (C=O) groups excluding carboxylic acids is 1. The van der Waals surface area contributed by atoms with E-state index < -0.39 is 0 Å². The molecule has 2 heterocycles. The molecule has 1 aliphatic heterocycles. The normalized spacial score (nSPS) is 13.8. The molecule has 0 bridgehead atoms. The zero-order valence-corrected chi connectivity index (χ0v) is 15.7. The average molecular weight is 378 g/mol. The van der Waals surface area contributed by atoms with Gasteiger partial charge in [-0.15, -0.1) is 0 Å². The van der Waals surface area contributed by atoms with Crippen LogP contribution in [-0.2, 0) is 0 Å². The zero-order valence-electron chi connectivity index (χ0n) is 15.7. The van der Waals surface area contributed by atoms with Gasteiger partial charge in [-0.1, -0.05) is 42.4 Å². The quantitative estimate of drug-likeness (QED) is 0.701. The first kappa shape index (κ1) is 18.1. The van der Waals surface area contributed by atoms with Crippen LogP contribution in [0.2, 0.25) is 0 Å². The third-order valence-corrected chi connectivity index (χ3v) is 4.84. The third-order valence-electron chi connectivity index (χ3n) is 4.84. The smallest absolute Gasteiger partial charge is 0.273 e. The summed E-state index contributed by atoms with van der Waals surface area (Å²) in [7, 11) is 0. The SMILES string of the molecule is CC[C@H](CNC(=O)c1cc(-c2ccc3c(c2)OCCO3)on1)c1ccccc1. The first-order chi connectivity index (χ1) is 13.7. The summed E-state index contributed by atoms with van der Waals surface area (Å²) in [4.78, 5) is 12.5. The minimum absolute atomic E-state index is 0.248. The maximum absolute atomic E-state index is 12.5. The number of benzene rings is 2. The number of fused-ring (bicyclic) bond motifs is 1. The summed E-state index contributed by atoms with van der Waals surface area (Å²) >= 11 is 0. The molecule has 1 aliphatic rings. The lowest BCUT2D eigenvalue weighted by molar-refractivity contribution is 0.0942. The van der Waals surface area contributed by atoms with E-state index in [4.69, 9.17) is 14.0 Å². The molecule has 1 aromatic heterocycles. The number of hydrogen-bond acceptors (Lipinski definition) is 5. The summed E-state index contributed by atoms with van der Waals surface area (Å²) in [5, 5.41) is 6.88. The monoisotopic (exact) mass is 378 g/mol. The van der Waals surface area contributed by atoms with Gasteiger partial charge in [0.05, 0.1) is 0 Å². The van der Waals surface area contributed by atoms with E-state index in [2.05, 4.69) is 29.5 Å². The van der Waals surface area contributed by atoms with Gasteiger partial charge in [0.1, 0.15) is 13.2 Å². The van der Waals surface area contributed by atoms with Crippen molar-refractivity contribution in [2.75, 3.05) is 19.8 Å². The van der Waals surface area contributed by atoms with Crippen LogP contribution in [-0.4, -0.2) is 30.8 Å². The molecular weight excluding hydrogens is 356 g/mol. The molecule has 144 valence electrons. The fraction of sp³-hybridized carbons (Fsp3) is 0.273. The molecule has 0 unspecified atom stereocenters. The average Bonchev–Trinajstić information content (AvgIpc) is 3.25. The Morgan fingerprint density at radius 2 is 1.86 bits per heavy atom. The standard InChI is InChI=1S/C22H22N2O4/c1-2-15(16-6-4-3-5-7-16)14-23-22(25)18-13-20(28-24-18)17-8-9-19-21(12-17)27-11-10-26-19/h3-9,12-13,15H,2,10-11,14H2,1H3,(H,23,25)/t15-/m1/s1. The Kier molecular flexibility index (Phi) is 5.28. The number of ether oxygens (including phenoxy) is 2. The predicted octanol–water partition coefficient (Wildman–Crippen LogP) is 4.04. The number of carbonyl (C=O) groups is 1. The van der Waals surface area contributed by atoms with E-state index in [9.17, 15) is 4.79 Å². The van der Waals surface area contributed by atoms with Crippen molar-refractivity contribution in [1.82, 2.24) is 10.5 Å². The van der Waals surface area contributed by atoms with Gasteiger partial charge in [-0.05, 0) is 30.2 Å². The van der Waals surface area contributed by atoms with Crippen molar-refractivity contribution >= 4 is 5.91 Å². The number of amides is 1. The molecule has 2 aromatic carbocycles. The first-order valence-electron chi connectivity index (χ1n) is 9.44. The van der Waals surface area contributed by atoms with Gasteiger partial charge < -0.3 is 19.3 Å². The molecule has 1 atom stereocenters. The molecular formula is C22H22N2O4. The van der Waals surface area contributed by atoms with Gasteiger partial charge in [-0.3, -0.25) is 4.79 Å². The van der Waals surface area contributed by atoms with Gasteiger partial charge in [-0.2, -0.15) is 0 Å². The second-order valence-corrected chi connectivity index (χ2v) is 6.66. The summed E-state index contributed by atoms with van der Waals surface area (Å²) in [5.41, 5.74) is 2.25. The minimum Gasteiger partial charge on any atom is -0.486 e. The van der Waals surface area contributed by atoms with Crippen LogP contribution in [0, 0.1) is 0 Å². The maximum Gasteiger partial charge on any atom is 0.273 e. The zero-order chi connectivity index (χ0) is 19.3. The van der Waals surface area contributed by atoms with Crippen LogP contribution in [0.25, 0.3) is 11.3 Å². The van der Waals surface area contributed by atoms with Crippen LogP contribution in [0.1, 0.15) is 35.3 Å². The molecule has 6 heteroatoms. The van der Waals surface area contributed by atoms with E-state index in [1.54, 1.807) is 6.07 Å². The maximum atomic E-state index is 12.5. The number of nitrogens with zero attached hydrogens (tertiary/aromatic N) is 1. The lowest BCUT2D eigenvalue weighted by Gasteiger charge is -2.18. The Morgan fingerprint density at radius 3 is 2.64 bits per heavy atom. The molecule has 0 saturated heterocycles. The van der Waals surface area contributed by atoms with Gasteiger partial charge in [-0.25, -0.2) is 0 Å². The second-order valence-electron chi connectivity index (χ2n) is 6.66. The molecule has 0 radical (unpaired) electrons. The number of aromatic nitrogens is 1. The number of rotatable bonds is 6. The molecule has 1 N–H and O–H groups in total. The molecule has 6 nitrogen and oxygen atoms in total. The van der Waals surface area contributed by atoms with Crippen molar-refractivity contribution < 1.29 is 18.8 Å². The second kappa shape index (κ2) is 8.17. The topological polar surface area (TPSA) is 73.6 Å². The van der Waals surface area contributed by atoms with Crippen LogP contribution in [0.3, 0.4) is 0 Å². The summed E-state index contributed by atoms with van der Waals surface area (Å²) < 4.78 is 16.5. The lowest BCUT2D eigenvalue weighted by Crippen LogP contribution is -2.28. The van der Waals surface area contributed by atoms with Crippen molar-refractivity contribution in [3.05, 3.63) is 65.9 Å².